The largest absolute Gasteiger partial charge is 0.494 e. The lowest BCUT2D eigenvalue weighted by atomic mass is 10.1. The molecule has 0 amide bonds. The molecule has 0 fully saturated rings. The van der Waals surface area contributed by atoms with Gasteiger partial charge < -0.3 is 14.4 Å². The summed E-state index contributed by atoms with van der Waals surface area (Å²) in [5.41, 5.74) is 2.11. The summed E-state index contributed by atoms with van der Waals surface area (Å²) < 4.78 is 7.30. The lowest BCUT2D eigenvalue weighted by Gasteiger charge is -2.15. The molecule has 1 aliphatic rings. The highest BCUT2D eigenvalue weighted by Gasteiger charge is 2.29. The molecule has 0 atom stereocenters. The van der Waals surface area contributed by atoms with Gasteiger partial charge in [0.1, 0.15) is 10.7 Å². The molecule has 108 valence electrons. The van der Waals surface area contributed by atoms with Crippen molar-refractivity contribution in [3.63, 3.8) is 0 Å². The predicted molar refractivity (Wildman–Crippen MR) is 79.8 cm³/mol. The molecular weight excluding hydrogens is 292 g/mol. The van der Waals surface area contributed by atoms with Crippen molar-refractivity contribution in [2.75, 3.05) is 7.11 Å². The Balaban J connectivity index is 2.38. The van der Waals surface area contributed by atoms with Gasteiger partial charge in [0.05, 0.1) is 18.5 Å². The molecule has 3 heterocycles. The first-order valence-corrected chi connectivity index (χ1v) is 6.84. The summed E-state index contributed by atoms with van der Waals surface area (Å²) in [6.45, 7) is 0.677. The zero-order valence-corrected chi connectivity index (χ0v) is 12.1. The van der Waals surface area contributed by atoms with E-state index in [-0.39, 0.29) is 5.56 Å². The number of ether oxygens (including phenoxy) is 1. The van der Waals surface area contributed by atoms with Gasteiger partial charge in [0.2, 0.25) is 0 Å². The number of aromatic nitrogens is 2. The summed E-state index contributed by atoms with van der Waals surface area (Å²) in [7, 11) is 1.46. The summed E-state index contributed by atoms with van der Waals surface area (Å²) in [6, 6.07) is 3.57. The highest BCUT2D eigenvalue weighted by Crippen LogP contribution is 2.42. The summed E-state index contributed by atoms with van der Waals surface area (Å²) in [4.78, 5) is 15.7. The van der Waals surface area contributed by atoms with Crippen LogP contribution < -0.4 is 4.74 Å². The summed E-state index contributed by atoms with van der Waals surface area (Å²) in [5, 5.41) is 9.83. The van der Waals surface area contributed by atoms with E-state index in [1.54, 1.807) is 12.3 Å². The Kier molecular flexibility index (Phi) is 3.43. The molecule has 0 saturated heterocycles. The van der Waals surface area contributed by atoms with Crippen LogP contribution in [0.2, 0.25) is 5.15 Å². The molecule has 0 unspecified atom stereocenters. The van der Waals surface area contributed by atoms with E-state index in [1.807, 2.05) is 22.8 Å². The van der Waals surface area contributed by atoms with Crippen LogP contribution >= 0.6 is 11.6 Å². The van der Waals surface area contributed by atoms with Gasteiger partial charge in [-0.25, -0.2) is 9.78 Å². The average molecular weight is 305 g/mol. The molecule has 2 aromatic heterocycles. The van der Waals surface area contributed by atoms with Crippen LogP contribution in [0, 0.1) is 0 Å². The SMILES string of the molecule is COc1c(C(=O)O)c2n(c1-c1cccnc1Cl)CCC=C2. The van der Waals surface area contributed by atoms with E-state index in [0.29, 0.717) is 34.4 Å². The van der Waals surface area contributed by atoms with Crippen molar-refractivity contribution in [3.05, 3.63) is 40.8 Å². The van der Waals surface area contributed by atoms with Gasteiger partial charge in [-0.15, -0.1) is 0 Å². The lowest BCUT2D eigenvalue weighted by Crippen LogP contribution is -2.07. The van der Waals surface area contributed by atoms with Crippen molar-refractivity contribution in [1.29, 1.82) is 0 Å². The van der Waals surface area contributed by atoms with Gasteiger partial charge in [-0.1, -0.05) is 17.7 Å². The van der Waals surface area contributed by atoms with E-state index in [9.17, 15) is 9.90 Å². The lowest BCUT2D eigenvalue weighted by molar-refractivity contribution is 0.0693. The second kappa shape index (κ2) is 5.26. The number of methoxy groups -OCH3 is 1. The topological polar surface area (TPSA) is 64.3 Å². The number of rotatable bonds is 3. The number of pyridine rings is 1. The molecule has 0 spiro atoms. The smallest absolute Gasteiger partial charge is 0.341 e. The first-order chi connectivity index (χ1) is 10.1. The van der Waals surface area contributed by atoms with Crippen molar-refractivity contribution in [2.24, 2.45) is 0 Å². The van der Waals surface area contributed by atoms with E-state index < -0.39 is 5.97 Å². The van der Waals surface area contributed by atoms with Gasteiger partial charge in [-0.3, -0.25) is 0 Å². The Labute approximate surface area is 126 Å². The minimum absolute atomic E-state index is 0.156. The second-order valence-electron chi connectivity index (χ2n) is 4.63. The van der Waals surface area contributed by atoms with Gasteiger partial charge in [0.15, 0.2) is 5.75 Å². The highest BCUT2D eigenvalue weighted by atomic mass is 35.5. The minimum Gasteiger partial charge on any atom is -0.494 e. The Morgan fingerprint density at radius 1 is 1.52 bits per heavy atom. The Morgan fingerprint density at radius 3 is 3.00 bits per heavy atom. The van der Waals surface area contributed by atoms with E-state index in [2.05, 4.69) is 4.98 Å². The Morgan fingerprint density at radius 2 is 2.33 bits per heavy atom. The van der Waals surface area contributed by atoms with Crippen LogP contribution in [0.25, 0.3) is 17.3 Å². The van der Waals surface area contributed by atoms with Crippen LogP contribution in [-0.4, -0.2) is 27.7 Å². The van der Waals surface area contributed by atoms with E-state index in [0.717, 1.165) is 6.42 Å². The van der Waals surface area contributed by atoms with Crippen molar-refractivity contribution >= 4 is 23.6 Å². The zero-order valence-electron chi connectivity index (χ0n) is 11.3. The number of allylic oxidation sites excluding steroid dienone is 1. The third-order valence-corrected chi connectivity index (χ3v) is 3.79. The van der Waals surface area contributed by atoms with Crippen LogP contribution in [0.5, 0.6) is 5.75 Å². The van der Waals surface area contributed by atoms with Crippen molar-refractivity contribution in [1.82, 2.24) is 9.55 Å². The summed E-state index contributed by atoms with van der Waals surface area (Å²) >= 11 is 6.17. The molecule has 0 saturated carbocycles. The fourth-order valence-electron chi connectivity index (χ4n) is 2.65. The van der Waals surface area contributed by atoms with Gasteiger partial charge in [-0.2, -0.15) is 0 Å². The van der Waals surface area contributed by atoms with E-state index >= 15 is 0 Å². The number of hydrogen-bond donors (Lipinski definition) is 1. The van der Waals surface area contributed by atoms with Crippen molar-refractivity contribution in [3.8, 4) is 17.0 Å². The molecule has 1 aliphatic heterocycles. The van der Waals surface area contributed by atoms with Gasteiger partial charge in [0, 0.05) is 18.3 Å². The third-order valence-electron chi connectivity index (χ3n) is 3.49. The van der Waals surface area contributed by atoms with Crippen LogP contribution in [0.3, 0.4) is 0 Å². The third kappa shape index (κ3) is 2.10. The van der Waals surface area contributed by atoms with E-state index in [1.165, 1.54) is 7.11 Å². The van der Waals surface area contributed by atoms with Crippen molar-refractivity contribution < 1.29 is 14.6 Å². The fourth-order valence-corrected chi connectivity index (χ4v) is 2.86. The molecule has 0 aliphatic carbocycles. The molecule has 0 radical (unpaired) electrons. The molecular formula is C15H13ClN2O3. The maximum atomic E-state index is 11.6. The first-order valence-electron chi connectivity index (χ1n) is 6.46. The average Bonchev–Trinajstić information content (AvgIpc) is 2.82. The summed E-state index contributed by atoms with van der Waals surface area (Å²) in [5.74, 6) is -0.702. The van der Waals surface area contributed by atoms with Crippen LogP contribution in [0.15, 0.2) is 24.4 Å². The maximum absolute atomic E-state index is 11.6. The molecule has 21 heavy (non-hydrogen) atoms. The van der Waals surface area contributed by atoms with Crippen LogP contribution in [0.4, 0.5) is 0 Å². The minimum atomic E-state index is -1.02. The standard InChI is InChI=1S/C15H13ClN2O3/c1-21-13-11(15(19)20)10-6-2-3-8-18(10)12(13)9-5-4-7-17-14(9)16/h2,4-7H,3,8H2,1H3,(H,19,20). The normalized spacial score (nSPS) is 13.0. The monoisotopic (exact) mass is 304 g/mol. The number of carboxylic acids is 1. The quantitative estimate of drug-likeness (QED) is 0.883. The summed E-state index contributed by atoms with van der Waals surface area (Å²) in [6.07, 6.45) is 6.18. The number of nitrogens with zero attached hydrogens (tertiary/aromatic N) is 2. The van der Waals surface area contributed by atoms with E-state index in [4.69, 9.17) is 16.3 Å². The molecule has 6 heteroatoms. The van der Waals surface area contributed by atoms with Crippen LogP contribution in [0.1, 0.15) is 22.5 Å². The number of fused-ring (bicyclic) bond motifs is 1. The van der Waals surface area contributed by atoms with Gasteiger partial charge in [-0.05, 0) is 24.6 Å². The Hall–Kier alpha value is -2.27. The number of aromatic carboxylic acids is 1. The molecule has 0 aromatic carbocycles. The maximum Gasteiger partial charge on any atom is 0.341 e. The molecule has 2 aromatic rings. The Bertz CT molecular complexity index is 750. The number of carbonyl (C=O) groups is 1. The van der Waals surface area contributed by atoms with Crippen molar-refractivity contribution in [2.45, 2.75) is 13.0 Å². The molecule has 1 N–H and O–H groups in total. The first kappa shape index (κ1) is 13.7. The highest BCUT2D eigenvalue weighted by molar-refractivity contribution is 6.32. The zero-order chi connectivity index (χ0) is 15.0. The predicted octanol–water partition coefficient (Wildman–Crippen LogP) is 3.33. The van der Waals surface area contributed by atoms with Gasteiger partial charge >= 0.3 is 5.97 Å². The number of hydrogen-bond acceptors (Lipinski definition) is 3. The fraction of sp³-hybridized carbons (Fsp3) is 0.200. The second-order valence-corrected chi connectivity index (χ2v) is 4.99. The molecule has 5 nitrogen and oxygen atoms in total. The van der Waals surface area contributed by atoms with Crippen LogP contribution in [-0.2, 0) is 6.54 Å². The number of carboxylic acid groups (broad SMARTS) is 1. The van der Waals surface area contributed by atoms with Gasteiger partial charge in [0.25, 0.3) is 0 Å². The molecule has 3 rings (SSSR count). The molecule has 0 bridgehead atoms. The number of halogens is 1.